The summed E-state index contributed by atoms with van der Waals surface area (Å²) in [7, 11) is 1.59. The minimum atomic E-state index is -0.194. The molecule has 0 N–H and O–H groups in total. The first-order valence-electron chi connectivity index (χ1n) is 10.8. The molecular weight excluding hydrogens is 490 g/mol. The maximum absolute atomic E-state index is 12.9. The van der Waals surface area contributed by atoms with Crippen LogP contribution < -0.4 is 9.47 Å². The van der Waals surface area contributed by atoms with E-state index in [-0.39, 0.29) is 11.1 Å². The third kappa shape index (κ3) is 5.56. The fourth-order valence-corrected chi connectivity index (χ4v) is 5.18. The molecule has 5 nitrogen and oxygen atoms in total. The number of ether oxygens (including phenoxy) is 2. The summed E-state index contributed by atoms with van der Waals surface area (Å²) in [5.41, 5.74) is 1.84. The van der Waals surface area contributed by atoms with Gasteiger partial charge in [-0.1, -0.05) is 53.4 Å². The van der Waals surface area contributed by atoms with E-state index in [1.807, 2.05) is 42.5 Å². The number of methoxy groups -OCH3 is 1. The molecule has 2 fully saturated rings. The van der Waals surface area contributed by atoms with Crippen LogP contribution in [-0.2, 0) is 11.4 Å². The van der Waals surface area contributed by atoms with Gasteiger partial charge in [0.1, 0.15) is 6.61 Å². The number of halogens is 1. The van der Waals surface area contributed by atoms with Gasteiger partial charge in [-0.25, -0.2) is 0 Å². The standard InChI is InChI=1S/C25H26BrNO4S/c1-30-22-13-19(9-12-21(22)31-16-18-7-10-20(26)11-8-18)14-23-24(28)27(25(29)32-23)15-17-5-3-2-4-6-17/h7-14,17H,2-6,15-16H2,1H3/b23-14+. The molecule has 168 valence electrons. The van der Waals surface area contributed by atoms with Crippen molar-refractivity contribution < 1.29 is 19.1 Å². The minimum absolute atomic E-state index is 0.173. The van der Waals surface area contributed by atoms with Gasteiger partial charge in [0.05, 0.1) is 12.0 Å². The first-order valence-corrected chi connectivity index (χ1v) is 12.4. The van der Waals surface area contributed by atoms with Crippen molar-refractivity contribution >= 4 is 44.9 Å². The van der Waals surface area contributed by atoms with Crippen molar-refractivity contribution in [2.75, 3.05) is 13.7 Å². The van der Waals surface area contributed by atoms with Crippen molar-refractivity contribution in [3.63, 3.8) is 0 Å². The number of imide groups is 1. The number of amides is 2. The van der Waals surface area contributed by atoms with E-state index in [2.05, 4.69) is 15.9 Å². The molecule has 1 heterocycles. The molecule has 2 aromatic rings. The number of carbonyl (C=O) groups excluding carboxylic acids is 2. The van der Waals surface area contributed by atoms with Gasteiger partial charge in [-0.05, 0) is 72.0 Å². The van der Waals surface area contributed by atoms with Crippen LogP contribution in [0.25, 0.3) is 6.08 Å². The third-order valence-corrected chi connectivity index (χ3v) is 7.27. The van der Waals surface area contributed by atoms with Gasteiger partial charge in [0.25, 0.3) is 11.1 Å². The molecule has 2 aliphatic rings. The van der Waals surface area contributed by atoms with Crippen LogP contribution in [0.3, 0.4) is 0 Å². The van der Waals surface area contributed by atoms with Gasteiger partial charge >= 0.3 is 0 Å². The van der Waals surface area contributed by atoms with Crippen LogP contribution >= 0.6 is 27.7 Å². The highest BCUT2D eigenvalue weighted by Crippen LogP contribution is 2.36. The predicted octanol–water partition coefficient (Wildman–Crippen LogP) is 6.65. The second-order valence-electron chi connectivity index (χ2n) is 8.12. The summed E-state index contributed by atoms with van der Waals surface area (Å²) in [5.74, 6) is 1.44. The molecule has 1 aliphatic carbocycles. The van der Waals surface area contributed by atoms with Gasteiger partial charge in [0.2, 0.25) is 0 Å². The molecule has 0 aromatic heterocycles. The summed E-state index contributed by atoms with van der Waals surface area (Å²) in [6, 6.07) is 13.5. The number of hydrogen-bond donors (Lipinski definition) is 0. The molecule has 2 amide bonds. The molecule has 1 aliphatic heterocycles. The number of rotatable bonds is 7. The topological polar surface area (TPSA) is 55.8 Å². The SMILES string of the molecule is COc1cc(/C=C2/SC(=O)N(CC3CCCCC3)C2=O)ccc1OCc1ccc(Br)cc1. The number of carbonyl (C=O) groups is 2. The lowest BCUT2D eigenvalue weighted by atomic mass is 9.89. The van der Waals surface area contributed by atoms with Gasteiger partial charge in [-0.3, -0.25) is 14.5 Å². The first-order chi connectivity index (χ1) is 15.5. The van der Waals surface area contributed by atoms with Gasteiger partial charge in [0, 0.05) is 11.0 Å². The molecular formula is C25H26BrNO4S. The number of nitrogens with zero attached hydrogens (tertiary/aromatic N) is 1. The number of hydrogen-bond acceptors (Lipinski definition) is 5. The molecule has 1 saturated heterocycles. The quantitative estimate of drug-likeness (QED) is 0.386. The monoisotopic (exact) mass is 515 g/mol. The lowest BCUT2D eigenvalue weighted by molar-refractivity contribution is -0.123. The van der Waals surface area contributed by atoms with E-state index in [4.69, 9.17) is 9.47 Å². The molecule has 32 heavy (non-hydrogen) atoms. The van der Waals surface area contributed by atoms with E-state index in [0.717, 1.165) is 40.2 Å². The Morgan fingerprint density at radius 2 is 1.81 bits per heavy atom. The molecule has 1 saturated carbocycles. The summed E-state index contributed by atoms with van der Waals surface area (Å²) in [5, 5.41) is -0.173. The Hall–Kier alpha value is -2.25. The smallest absolute Gasteiger partial charge is 0.293 e. The normalized spacial score (nSPS) is 18.4. The lowest BCUT2D eigenvalue weighted by Crippen LogP contribution is -2.34. The van der Waals surface area contributed by atoms with Crippen LogP contribution in [0.5, 0.6) is 11.5 Å². The second kappa shape index (κ2) is 10.6. The van der Waals surface area contributed by atoms with Crippen LogP contribution in [0.15, 0.2) is 51.8 Å². The van der Waals surface area contributed by atoms with Crippen molar-refractivity contribution in [3.8, 4) is 11.5 Å². The fourth-order valence-electron chi connectivity index (χ4n) is 4.07. The molecule has 0 spiro atoms. The van der Waals surface area contributed by atoms with Gasteiger partial charge in [-0.2, -0.15) is 0 Å². The van der Waals surface area contributed by atoms with Gasteiger partial charge in [0.15, 0.2) is 11.5 Å². The summed E-state index contributed by atoms with van der Waals surface area (Å²) >= 11 is 4.44. The van der Waals surface area contributed by atoms with E-state index in [0.29, 0.717) is 35.5 Å². The maximum Gasteiger partial charge on any atom is 0.293 e. The van der Waals surface area contributed by atoms with E-state index in [9.17, 15) is 9.59 Å². The zero-order valence-corrected chi connectivity index (χ0v) is 20.4. The van der Waals surface area contributed by atoms with Crippen molar-refractivity contribution in [2.45, 2.75) is 38.7 Å². The molecule has 0 bridgehead atoms. The highest BCUT2D eigenvalue weighted by molar-refractivity contribution is 9.10. The maximum atomic E-state index is 12.9. The zero-order chi connectivity index (χ0) is 22.5. The Morgan fingerprint density at radius 1 is 1.06 bits per heavy atom. The van der Waals surface area contributed by atoms with Crippen LogP contribution in [-0.4, -0.2) is 29.7 Å². The van der Waals surface area contributed by atoms with Crippen molar-refractivity contribution in [1.82, 2.24) is 4.90 Å². The molecule has 7 heteroatoms. The molecule has 0 unspecified atom stereocenters. The highest BCUT2D eigenvalue weighted by atomic mass is 79.9. The molecule has 4 rings (SSSR count). The lowest BCUT2D eigenvalue weighted by Gasteiger charge is -2.25. The van der Waals surface area contributed by atoms with Crippen LogP contribution in [0.2, 0.25) is 0 Å². The Kier molecular flexibility index (Phi) is 7.58. The fraction of sp³-hybridized carbons (Fsp3) is 0.360. The van der Waals surface area contributed by atoms with Gasteiger partial charge < -0.3 is 9.47 Å². The second-order valence-corrected chi connectivity index (χ2v) is 10.0. The average molecular weight is 516 g/mol. The van der Waals surface area contributed by atoms with Crippen molar-refractivity contribution in [2.24, 2.45) is 5.92 Å². The summed E-state index contributed by atoms with van der Waals surface area (Å²) < 4.78 is 12.4. The highest BCUT2D eigenvalue weighted by Gasteiger charge is 2.36. The van der Waals surface area contributed by atoms with Crippen LogP contribution in [0.4, 0.5) is 4.79 Å². The Labute approximate surface area is 201 Å². The van der Waals surface area contributed by atoms with E-state index >= 15 is 0 Å². The average Bonchev–Trinajstić information content (AvgIpc) is 3.07. The van der Waals surface area contributed by atoms with E-state index < -0.39 is 0 Å². The van der Waals surface area contributed by atoms with E-state index in [1.54, 1.807) is 13.2 Å². The Morgan fingerprint density at radius 3 is 2.53 bits per heavy atom. The molecule has 2 aromatic carbocycles. The van der Waals surface area contributed by atoms with Crippen molar-refractivity contribution in [1.29, 1.82) is 0 Å². The Bertz CT molecular complexity index is 1020. The number of benzene rings is 2. The molecule has 0 radical (unpaired) electrons. The van der Waals surface area contributed by atoms with Crippen molar-refractivity contribution in [3.05, 3.63) is 63.0 Å². The Balaban J connectivity index is 1.44. The largest absolute Gasteiger partial charge is 0.493 e. The van der Waals surface area contributed by atoms with Crippen LogP contribution in [0, 0.1) is 5.92 Å². The molecule has 0 atom stereocenters. The zero-order valence-electron chi connectivity index (χ0n) is 18.0. The third-order valence-electron chi connectivity index (χ3n) is 5.83. The first kappa shape index (κ1) is 22.9. The number of thioether (sulfide) groups is 1. The van der Waals surface area contributed by atoms with E-state index in [1.165, 1.54) is 24.2 Å². The minimum Gasteiger partial charge on any atom is -0.493 e. The predicted molar refractivity (Wildman–Crippen MR) is 131 cm³/mol. The van der Waals surface area contributed by atoms with Crippen LogP contribution in [0.1, 0.15) is 43.2 Å². The summed E-state index contributed by atoms with van der Waals surface area (Å²) in [4.78, 5) is 27.2. The van der Waals surface area contributed by atoms with Gasteiger partial charge in [-0.15, -0.1) is 0 Å². The summed E-state index contributed by atoms with van der Waals surface area (Å²) in [6.07, 6.45) is 7.58. The summed E-state index contributed by atoms with van der Waals surface area (Å²) in [6.45, 7) is 0.956.